The van der Waals surface area contributed by atoms with Crippen LogP contribution in [-0.4, -0.2) is 82.2 Å². The second-order valence-corrected chi connectivity index (χ2v) is 18.9. The normalized spacial score (nSPS) is 25.4. The average molecular weight is 881 g/mol. The molecule has 0 amide bonds. The predicted molar refractivity (Wildman–Crippen MR) is 260 cm³/mol. The Labute approximate surface area is 388 Å². The van der Waals surface area contributed by atoms with Crippen LogP contribution < -0.4 is 18.9 Å². The van der Waals surface area contributed by atoms with Crippen LogP contribution in [0.1, 0.15) is 75.7 Å². The third-order valence-corrected chi connectivity index (χ3v) is 15.6. The van der Waals surface area contributed by atoms with Crippen LogP contribution in [0, 0.1) is 23.7 Å². The summed E-state index contributed by atoms with van der Waals surface area (Å²) in [5.41, 5.74) is 6.48. The highest BCUT2D eigenvalue weighted by atomic mass is 16.5. The second-order valence-electron chi connectivity index (χ2n) is 18.9. The van der Waals surface area contributed by atoms with Gasteiger partial charge < -0.3 is 18.9 Å². The van der Waals surface area contributed by atoms with E-state index >= 15 is 0 Å². The molecule has 7 aromatic rings. The second kappa shape index (κ2) is 18.3. The smallest absolute Gasteiger partial charge is 0.229 e. The molecule has 4 aromatic carbocycles. The highest BCUT2D eigenvalue weighted by Gasteiger charge is 2.47. The molecule has 9 heterocycles. The maximum Gasteiger partial charge on any atom is 0.229 e. The summed E-state index contributed by atoms with van der Waals surface area (Å²) >= 11 is 0. The summed E-state index contributed by atoms with van der Waals surface area (Å²) in [6, 6.07) is 37.4. The molecule has 6 fully saturated rings. The molecule has 66 heavy (non-hydrogen) atoms. The monoisotopic (exact) mass is 880 g/mol. The lowest BCUT2D eigenvalue weighted by atomic mass is 9.72. The van der Waals surface area contributed by atoms with E-state index in [0.29, 0.717) is 41.3 Å². The Kier molecular flexibility index (Phi) is 11.8. The maximum atomic E-state index is 7.76. The van der Waals surface area contributed by atoms with Gasteiger partial charge in [0.15, 0.2) is 5.82 Å². The van der Waals surface area contributed by atoms with E-state index in [-0.39, 0.29) is 12.1 Å². The molecule has 7 unspecified atom stereocenters. The van der Waals surface area contributed by atoms with Crippen molar-refractivity contribution in [2.75, 3.05) is 40.4 Å². The fourth-order valence-electron chi connectivity index (χ4n) is 12.1. The topological polar surface area (TPSA) is 95.0 Å². The van der Waals surface area contributed by atoms with Crippen molar-refractivity contribution < 1.29 is 18.9 Å². The van der Waals surface area contributed by atoms with Gasteiger partial charge in [0.25, 0.3) is 0 Å². The van der Waals surface area contributed by atoms with Crippen LogP contribution in [0.2, 0.25) is 0 Å². The molecule has 3 aromatic heterocycles. The lowest BCUT2D eigenvalue weighted by molar-refractivity contribution is -0.0510. The van der Waals surface area contributed by atoms with Gasteiger partial charge in [0.1, 0.15) is 29.3 Å². The Morgan fingerprint density at radius 2 is 1.05 bits per heavy atom. The van der Waals surface area contributed by atoms with Crippen LogP contribution in [-0.2, 0) is 0 Å². The van der Waals surface area contributed by atoms with Crippen molar-refractivity contribution in [1.29, 1.82) is 0 Å². The Morgan fingerprint density at radius 3 is 1.47 bits per heavy atom. The van der Waals surface area contributed by atoms with Crippen LogP contribution in [0.4, 0.5) is 0 Å². The van der Waals surface area contributed by atoms with Crippen LogP contribution in [0.25, 0.3) is 44.3 Å². The summed E-state index contributed by atoms with van der Waals surface area (Å²) in [7, 11) is 3.44. The van der Waals surface area contributed by atoms with E-state index in [2.05, 4.69) is 90.4 Å². The standard InChI is InChI=1S/C56H60N6O4/c1-5-35-33-61-27-23-39(35)29-49(61)52(43-21-25-57-47-19-17-41(63-3)31-45(43)47)65-55-51(37-13-9-7-10-14-37)56(60-54(59-55)38-15-11-8-12-16-38)66-53(50-30-40-24-28-62(50)34-36(40)6-2)44-22-26-58-48-20-18-42(64-4)32-46(44)48/h7-22,25-26,31-32,35-36,39-40,49-50,52-53H,5-6,23-24,27-30,33-34H2,1-4H3/t35?,36?,39-,40?,49?,50+,52?,53+/m1/s1. The zero-order valence-electron chi connectivity index (χ0n) is 38.6. The highest BCUT2D eigenvalue weighted by Crippen LogP contribution is 2.50. The Morgan fingerprint density at radius 1 is 0.576 bits per heavy atom. The molecule has 0 aliphatic carbocycles. The number of fused-ring (bicyclic) bond motifs is 8. The van der Waals surface area contributed by atoms with Crippen LogP contribution >= 0.6 is 0 Å². The van der Waals surface area contributed by atoms with Crippen LogP contribution in [0.15, 0.2) is 122 Å². The quantitative estimate of drug-likeness (QED) is 0.105. The summed E-state index contributed by atoms with van der Waals surface area (Å²) in [5, 5.41) is 2.02. The van der Waals surface area contributed by atoms with Crippen molar-refractivity contribution in [1.82, 2.24) is 29.7 Å². The first-order chi connectivity index (χ1) is 32.5. The molecule has 10 nitrogen and oxygen atoms in total. The number of rotatable bonds is 14. The predicted octanol–water partition coefficient (Wildman–Crippen LogP) is 11.4. The third kappa shape index (κ3) is 7.91. The van der Waals surface area contributed by atoms with Gasteiger partial charge in [-0.3, -0.25) is 19.8 Å². The zero-order valence-corrected chi connectivity index (χ0v) is 38.6. The first-order valence-corrected chi connectivity index (χ1v) is 24.2. The molecular weight excluding hydrogens is 821 g/mol. The molecule has 0 spiro atoms. The first kappa shape index (κ1) is 42.5. The molecule has 6 aliphatic heterocycles. The first-order valence-electron chi connectivity index (χ1n) is 24.2. The number of hydrogen-bond donors (Lipinski definition) is 0. The van der Waals surface area contributed by atoms with Gasteiger partial charge in [-0.25, -0.2) is 0 Å². The molecule has 10 atom stereocenters. The summed E-state index contributed by atoms with van der Waals surface area (Å²) in [6.45, 7) is 8.88. The van der Waals surface area contributed by atoms with E-state index in [1.165, 1.54) is 25.7 Å². The summed E-state index contributed by atoms with van der Waals surface area (Å²) < 4.78 is 27.2. The lowest BCUT2D eigenvalue weighted by Crippen LogP contribution is -2.56. The van der Waals surface area contributed by atoms with Crippen molar-refractivity contribution in [3.05, 3.63) is 133 Å². The van der Waals surface area contributed by atoms with Gasteiger partial charge in [0.2, 0.25) is 11.8 Å². The Balaban J connectivity index is 1.13. The summed E-state index contributed by atoms with van der Waals surface area (Å²) in [5.74, 6) is 5.70. The Hall–Kier alpha value is -6.10. The lowest BCUT2D eigenvalue weighted by Gasteiger charge is -2.52. The van der Waals surface area contributed by atoms with E-state index in [0.717, 1.165) is 100 Å². The van der Waals surface area contributed by atoms with E-state index in [4.69, 9.17) is 38.9 Å². The highest BCUT2D eigenvalue weighted by molar-refractivity contribution is 5.85. The molecule has 4 bridgehead atoms. The van der Waals surface area contributed by atoms with Crippen molar-refractivity contribution >= 4 is 21.8 Å². The van der Waals surface area contributed by atoms with Crippen molar-refractivity contribution in [3.8, 4) is 45.8 Å². The zero-order chi connectivity index (χ0) is 44.7. The number of ether oxygens (including phenoxy) is 4. The molecule has 13 rings (SSSR count). The van der Waals surface area contributed by atoms with Gasteiger partial charge in [-0.05, 0) is 117 Å². The molecule has 0 radical (unpaired) electrons. The van der Waals surface area contributed by atoms with Crippen LogP contribution in [0.5, 0.6) is 23.3 Å². The number of piperidine rings is 6. The number of nitrogens with zero attached hydrogens (tertiary/aromatic N) is 6. The number of methoxy groups -OCH3 is 2. The van der Waals surface area contributed by atoms with E-state index in [9.17, 15) is 0 Å². The number of benzene rings is 4. The van der Waals surface area contributed by atoms with Gasteiger partial charge in [0.05, 0.1) is 37.3 Å². The summed E-state index contributed by atoms with van der Waals surface area (Å²) in [6.07, 6.45) is 9.90. The minimum absolute atomic E-state index is 0.106. The van der Waals surface area contributed by atoms with E-state index in [1.807, 2.05) is 54.9 Å². The van der Waals surface area contributed by atoms with E-state index in [1.54, 1.807) is 14.2 Å². The largest absolute Gasteiger partial charge is 0.497 e. The summed E-state index contributed by atoms with van der Waals surface area (Å²) in [4.78, 5) is 26.0. The van der Waals surface area contributed by atoms with E-state index < -0.39 is 12.2 Å². The SMILES string of the molecule is CCC1CN2CCC1C[C@H]2[C@@H](Oc1nc(-c2ccccc2)nc(OC(c2ccnc3ccc(OC)cc23)C2C[C@H]3CCN2CC3CC)c1-c1ccccc1)c1ccnc2ccc(OC)cc12. The van der Waals surface area contributed by atoms with Gasteiger partial charge in [-0.1, -0.05) is 87.4 Å². The average Bonchev–Trinajstić information content (AvgIpc) is 3.39. The van der Waals surface area contributed by atoms with Gasteiger partial charge >= 0.3 is 0 Å². The number of aromatic nitrogens is 4. The molecule has 6 saturated heterocycles. The third-order valence-electron chi connectivity index (χ3n) is 15.6. The number of hydrogen-bond acceptors (Lipinski definition) is 10. The fraction of sp³-hybridized carbons (Fsp3) is 0.393. The van der Waals surface area contributed by atoms with Gasteiger partial charge in [-0.15, -0.1) is 0 Å². The van der Waals surface area contributed by atoms with Crippen molar-refractivity contribution in [3.63, 3.8) is 0 Å². The molecule has 10 heteroatoms. The molecular formula is C56H60N6O4. The van der Waals surface area contributed by atoms with Gasteiger partial charge in [0, 0.05) is 52.9 Å². The molecule has 6 aliphatic rings. The van der Waals surface area contributed by atoms with Crippen molar-refractivity contribution in [2.45, 2.75) is 76.7 Å². The molecule has 0 saturated carbocycles. The molecule has 338 valence electrons. The minimum atomic E-state index is -0.393. The van der Waals surface area contributed by atoms with Crippen LogP contribution in [0.3, 0.4) is 0 Å². The molecule has 0 N–H and O–H groups in total. The Bertz CT molecular complexity index is 2680. The number of pyridine rings is 2. The van der Waals surface area contributed by atoms with Crippen molar-refractivity contribution in [2.24, 2.45) is 23.7 Å². The minimum Gasteiger partial charge on any atom is -0.497 e. The fourth-order valence-corrected chi connectivity index (χ4v) is 12.1. The van der Waals surface area contributed by atoms with Gasteiger partial charge in [-0.2, -0.15) is 9.97 Å². The maximum absolute atomic E-state index is 7.76.